The summed E-state index contributed by atoms with van der Waals surface area (Å²) in [5.74, 6) is -1.83. The Kier molecular flexibility index (Phi) is 7.57. The summed E-state index contributed by atoms with van der Waals surface area (Å²) in [5, 5.41) is 10.4. The summed E-state index contributed by atoms with van der Waals surface area (Å²) in [4.78, 5) is 40.0. The van der Waals surface area contributed by atoms with E-state index in [9.17, 15) is 19.5 Å². The van der Waals surface area contributed by atoms with Crippen molar-refractivity contribution in [3.05, 3.63) is 131 Å². The molecular formula is C27H14Br2Cl2O4. The molecule has 0 spiro atoms. The van der Waals surface area contributed by atoms with Crippen LogP contribution in [0, 0.1) is 0 Å². The molecule has 0 fully saturated rings. The van der Waals surface area contributed by atoms with Crippen LogP contribution in [0.1, 0.15) is 47.8 Å². The van der Waals surface area contributed by atoms with E-state index in [-0.39, 0.29) is 43.9 Å². The lowest BCUT2D eigenvalue weighted by Gasteiger charge is -2.11. The number of halogens is 4. The van der Waals surface area contributed by atoms with Crippen LogP contribution in [-0.2, 0) is 0 Å². The topological polar surface area (TPSA) is 71.4 Å². The van der Waals surface area contributed by atoms with Crippen LogP contribution in [0.5, 0.6) is 5.75 Å². The average molecular weight is 633 g/mol. The number of benzene rings is 4. The molecule has 0 saturated heterocycles. The number of rotatable bonds is 6. The Morgan fingerprint density at radius 2 is 1.06 bits per heavy atom. The van der Waals surface area contributed by atoms with Gasteiger partial charge in [-0.05, 0) is 54.6 Å². The number of carbonyl (C=O) groups excluding carboxylic acids is 3. The van der Waals surface area contributed by atoms with Crippen molar-refractivity contribution in [1.82, 2.24) is 0 Å². The van der Waals surface area contributed by atoms with Crippen molar-refractivity contribution in [2.45, 2.75) is 0 Å². The summed E-state index contributed by atoms with van der Waals surface area (Å²) in [5.41, 5.74) is 0.907. The number of carbonyl (C=O) groups is 3. The summed E-state index contributed by atoms with van der Waals surface area (Å²) < 4.78 is 1.42. The average Bonchev–Trinajstić information content (AvgIpc) is 2.84. The van der Waals surface area contributed by atoms with E-state index < -0.39 is 11.5 Å². The summed E-state index contributed by atoms with van der Waals surface area (Å²) in [6.07, 6.45) is 0. The standard InChI is InChI=1S/C27H14Br2Cl2O4/c28-19-5-1-3-14(10-19)24(32)16-7-17(25(33)15-4-2-6-20(29)11-15)9-18(8-16)26(34)22-12-21(30)13-23(31)27(22)35/h1-13,35H. The van der Waals surface area contributed by atoms with E-state index in [1.165, 1.54) is 30.3 Å². The van der Waals surface area contributed by atoms with Crippen LogP contribution in [0.2, 0.25) is 10.0 Å². The minimum Gasteiger partial charge on any atom is -0.506 e. The molecule has 0 aliphatic heterocycles. The first-order valence-electron chi connectivity index (χ1n) is 10.1. The summed E-state index contributed by atoms with van der Waals surface area (Å²) in [6, 6.07) is 20.4. The molecule has 0 aromatic heterocycles. The van der Waals surface area contributed by atoms with Gasteiger partial charge >= 0.3 is 0 Å². The monoisotopic (exact) mass is 630 g/mol. The van der Waals surface area contributed by atoms with Gasteiger partial charge < -0.3 is 5.11 Å². The number of aromatic hydroxyl groups is 1. The fraction of sp³-hybridized carbons (Fsp3) is 0. The Labute approximate surface area is 227 Å². The third-order valence-electron chi connectivity index (χ3n) is 5.17. The normalized spacial score (nSPS) is 10.7. The van der Waals surface area contributed by atoms with Crippen molar-refractivity contribution in [3.8, 4) is 5.75 Å². The highest BCUT2D eigenvalue weighted by atomic mass is 79.9. The fourth-order valence-electron chi connectivity index (χ4n) is 3.51. The number of ketones is 3. The summed E-state index contributed by atoms with van der Waals surface area (Å²) in [7, 11) is 0. The molecule has 174 valence electrons. The molecule has 8 heteroatoms. The van der Waals surface area contributed by atoms with Crippen LogP contribution in [0.4, 0.5) is 0 Å². The molecule has 0 unspecified atom stereocenters. The van der Waals surface area contributed by atoms with Crippen molar-refractivity contribution >= 4 is 72.4 Å². The predicted molar refractivity (Wildman–Crippen MR) is 143 cm³/mol. The first kappa shape index (κ1) is 25.3. The minimum atomic E-state index is -0.640. The van der Waals surface area contributed by atoms with Crippen LogP contribution in [0.3, 0.4) is 0 Å². The molecule has 0 atom stereocenters. The van der Waals surface area contributed by atoms with Gasteiger partial charge in [0.2, 0.25) is 0 Å². The molecule has 0 radical (unpaired) electrons. The van der Waals surface area contributed by atoms with Gasteiger partial charge in [0, 0.05) is 41.8 Å². The maximum Gasteiger partial charge on any atom is 0.196 e. The van der Waals surface area contributed by atoms with Crippen molar-refractivity contribution in [2.75, 3.05) is 0 Å². The van der Waals surface area contributed by atoms with Crippen molar-refractivity contribution in [1.29, 1.82) is 0 Å². The zero-order valence-electron chi connectivity index (χ0n) is 17.7. The van der Waals surface area contributed by atoms with E-state index >= 15 is 0 Å². The summed E-state index contributed by atoms with van der Waals surface area (Å²) in [6.45, 7) is 0. The third kappa shape index (κ3) is 5.57. The quantitative estimate of drug-likeness (QED) is 0.219. The smallest absolute Gasteiger partial charge is 0.196 e. The van der Waals surface area contributed by atoms with Crippen LogP contribution in [-0.4, -0.2) is 22.5 Å². The first-order valence-corrected chi connectivity index (χ1v) is 12.5. The van der Waals surface area contributed by atoms with E-state index in [4.69, 9.17) is 23.2 Å². The van der Waals surface area contributed by atoms with Crippen LogP contribution >= 0.6 is 55.1 Å². The van der Waals surface area contributed by atoms with E-state index in [0.717, 1.165) is 0 Å². The van der Waals surface area contributed by atoms with Gasteiger partial charge in [0.25, 0.3) is 0 Å². The second-order valence-corrected chi connectivity index (χ2v) is 10.3. The molecule has 0 amide bonds. The van der Waals surface area contributed by atoms with Gasteiger partial charge in [-0.3, -0.25) is 14.4 Å². The van der Waals surface area contributed by atoms with Crippen LogP contribution < -0.4 is 0 Å². The molecule has 4 aromatic carbocycles. The largest absolute Gasteiger partial charge is 0.506 e. The Balaban J connectivity index is 1.88. The molecule has 0 aliphatic carbocycles. The predicted octanol–water partition coefficient (Wildman–Crippen LogP) is 7.92. The Morgan fingerprint density at radius 3 is 1.51 bits per heavy atom. The Hall–Kier alpha value is -2.77. The summed E-state index contributed by atoms with van der Waals surface area (Å²) >= 11 is 18.7. The number of hydrogen-bond acceptors (Lipinski definition) is 4. The van der Waals surface area contributed by atoms with E-state index in [2.05, 4.69) is 31.9 Å². The molecule has 35 heavy (non-hydrogen) atoms. The van der Waals surface area contributed by atoms with Crippen molar-refractivity contribution in [2.24, 2.45) is 0 Å². The van der Waals surface area contributed by atoms with Gasteiger partial charge in [0.15, 0.2) is 17.3 Å². The lowest BCUT2D eigenvalue weighted by atomic mass is 9.92. The number of phenolic OH excluding ortho intramolecular Hbond substituents is 1. The number of phenols is 1. The molecule has 1 N–H and O–H groups in total. The van der Waals surface area contributed by atoms with Crippen LogP contribution in [0.15, 0.2) is 87.8 Å². The molecule has 0 saturated carbocycles. The highest BCUT2D eigenvalue weighted by Crippen LogP contribution is 2.33. The number of hydrogen-bond donors (Lipinski definition) is 1. The second kappa shape index (κ2) is 10.5. The van der Waals surface area contributed by atoms with Gasteiger partial charge in [0.1, 0.15) is 5.75 Å². The van der Waals surface area contributed by atoms with Gasteiger partial charge in [-0.1, -0.05) is 79.3 Å². The van der Waals surface area contributed by atoms with Gasteiger partial charge in [-0.2, -0.15) is 0 Å². The SMILES string of the molecule is O=C(c1cccc(Br)c1)c1cc(C(=O)c2cccc(Br)c2)cc(C(=O)c2cc(Cl)cc(Cl)c2O)c1. The van der Waals surface area contributed by atoms with E-state index in [1.54, 1.807) is 48.5 Å². The van der Waals surface area contributed by atoms with E-state index in [1.807, 2.05) is 0 Å². The molecular weight excluding hydrogens is 619 g/mol. The fourth-order valence-corrected chi connectivity index (χ4v) is 4.80. The zero-order chi connectivity index (χ0) is 25.3. The third-order valence-corrected chi connectivity index (χ3v) is 6.66. The van der Waals surface area contributed by atoms with Crippen molar-refractivity contribution < 1.29 is 19.5 Å². The van der Waals surface area contributed by atoms with Gasteiger partial charge in [0.05, 0.1) is 10.6 Å². The Morgan fingerprint density at radius 1 is 0.600 bits per heavy atom. The molecule has 4 rings (SSSR count). The van der Waals surface area contributed by atoms with Crippen LogP contribution in [0.25, 0.3) is 0 Å². The highest BCUT2D eigenvalue weighted by Gasteiger charge is 2.22. The minimum absolute atomic E-state index is 0.0258. The van der Waals surface area contributed by atoms with E-state index in [0.29, 0.717) is 20.1 Å². The molecule has 4 aromatic rings. The lowest BCUT2D eigenvalue weighted by Crippen LogP contribution is -2.11. The maximum absolute atomic E-state index is 13.4. The van der Waals surface area contributed by atoms with Gasteiger partial charge in [-0.15, -0.1) is 0 Å². The van der Waals surface area contributed by atoms with Gasteiger partial charge in [-0.25, -0.2) is 0 Å². The molecule has 4 nitrogen and oxygen atoms in total. The van der Waals surface area contributed by atoms with Crippen molar-refractivity contribution in [3.63, 3.8) is 0 Å². The molecule has 0 bridgehead atoms. The first-order chi connectivity index (χ1) is 16.6. The maximum atomic E-state index is 13.4. The molecule has 0 aliphatic rings. The Bertz CT molecular complexity index is 1440. The second-order valence-electron chi connectivity index (χ2n) is 7.59. The zero-order valence-corrected chi connectivity index (χ0v) is 22.4. The lowest BCUT2D eigenvalue weighted by molar-refractivity contribution is 0.103. The molecule has 0 heterocycles. The highest BCUT2D eigenvalue weighted by molar-refractivity contribution is 9.10.